The zero-order valence-corrected chi connectivity index (χ0v) is 7.79. The van der Waals surface area contributed by atoms with Crippen LogP contribution in [0.5, 0.6) is 0 Å². The van der Waals surface area contributed by atoms with E-state index in [0.29, 0.717) is 0 Å². The van der Waals surface area contributed by atoms with Crippen molar-refractivity contribution in [3.63, 3.8) is 0 Å². The van der Waals surface area contributed by atoms with Crippen LogP contribution in [0.1, 0.15) is 12.8 Å². The predicted octanol–water partition coefficient (Wildman–Crippen LogP) is 0.458. The van der Waals surface area contributed by atoms with E-state index in [-0.39, 0.29) is 5.79 Å². The zero-order valence-electron chi connectivity index (χ0n) is 7.79. The van der Waals surface area contributed by atoms with Gasteiger partial charge in [0, 0.05) is 25.9 Å². The monoisotopic (exact) mass is 181 g/mol. The Hall–Kier alpha value is -0.560. The van der Waals surface area contributed by atoms with Gasteiger partial charge >= 0.3 is 0 Å². The summed E-state index contributed by atoms with van der Waals surface area (Å²) >= 11 is 0. The summed E-state index contributed by atoms with van der Waals surface area (Å²) in [6.45, 7) is 4.37. The molecule has 0 aliphatic carbocycles. The van der Waals surface area contributed by atoms with Crippen molar-refractivity contribution in [1.29, 1.82) is 0 Å². The molecule has 72 valence electrons. The third-order valence-corrected chi connectivity index (χ3v) is 2.66. The van der Waals surface area contributed by atoms with E-state index in [0.717, 1.165) is 45.7 Å². The van der Waals surface area contributed by atoms with Crippen LogP contribution in [0.25, 0.3) is 0 Å². The first-order valence-corrected chi connectivity index (χ1v) is 4.78. The van der Waals surface area contributed by atoms with Crippen LogP contribution in [0.15, 0.2) is 0 Å². The standard InChI is InChI=1S/C10H15NO2/c1-2-3-5-11-6-4-10(9-11)12-7-8-13-10/h1H,3-9H2. The van der Waals surface area contributed by atoms with Crippen LogP contribution in [-0.2, 0) is 9.47 Å². The highest BCUT2D eigenvalue weighted by Crippen LogP contribution is 2.30. The van der Waals surface area contributed by atoms with Crippen LogP contribution >= 0.6 is 0 Å². The highest BCUT2D eigenvalue weighted by molar-refractivity contribution is 4.90. The number of ether oxygens (including phenoxy) is 2. The van der Waals surface area contributed by atoms with Gasteiger partial charge in [0.1, 0.15) is 0 Å². The fraction of sp³-hybridized carbons (Fsp3) is 0.800. The largest absolute Gasteiger partial charge is 0.346 e. The Morgan fingerprint density at radius 3 is 2.85 bits per heavy atom. The van der Waals surface area contributed by atoms with Crippen LogP contribution in [-0.4, -0.2) is 43.5 Å². The van der Waals surface area contributed by atoms with Gasteiger partial charge in [-0.05, 0) is 0 Å². The number of hydrogen-bond donors (Lipinski definition) is 0. The maximum absolute atomic E-state index is 5.60. The van der Waals surface area contributed by atoms with Crippen molar-refractivity contribution >= 4 is 0 Å². The summed E-state index contributed by atoms with van der Waals surface area (Å²) in [5, 5.41) is 0. The maximum Gasteiger partial charge on any atom is 0.182 e. The first-order chi connectivity index (χ1) is 6.35. The van der Waals surface area contributed by atoms with E-state index < -0.39 is 0 Å². The number of likely N-dealkylation sites (tertiary alicyclic amines) is 1. The molecule has 3 nitrogen and oxygen atoms in total. The lowest BCUT2D eigenvalue weighted by atomic mass is 10.2. The van der Waals surface area contributed by atoms with Crippen molar-refractivity contribution in [3.05, 3.63) is 0 Å². The van der Waals surface area contributed by atoms with Gasteiger partial charge in [-0.1, -0.05) is 0 Å². The van der Waals surface area contributed by atoms with E-state index in [9.17, 15) is 0 Å². The average Bonchev–Trinajstić information content (AvgIpc) is 2.74. The van der Waals surface area contributed by atoms with E-state index in [1.54, 1.807) is 0 Å². The number of terminal acetylenes is 1. The molecule has 2 saturated heterocycles. The molecular weight excluding hydrogens is 166 g/mol. The Morgan fingerprint density at radius 2 is 2.15 bits per heavy atom. The van der Waals surface area contributed by atoms with Gasteiger partial charge in [0.15, 0.2) is 5.79 Å². The van der Waals surface area contributed by atoms with Gasteiger partial charge in [0.25, 0.3) is 0 Å². The van der Waals surface area contributed by atoms with Crippen LogP contribution in [0.3, 0.4) is 0 Å². The first kappa shape index (κ1) is 9.01. The smallest absolute Gasteiger partial charge is 0.182 e. The zero-order chi connectivity index (χ0) is 9.15. The van der Waals surface area contributed by atoms with Gasteiger partial charge in [-0.2, -0.15) is 0 Å². The lowest BCUT2D eigenvalue weighted by Gasteiger charge is -2.21. The van der Waals surface area contributed by atoms with Gasteiger partial charge in [0.2, 0.25) is 0 Å². The van der Waals surface area contributed by atoms with E-state index in [1.165, 1.54) is 0 Å². The van der Waals surface area contributed by atoms with Crippen LogP contribution in [0, 0.1) is 12.3 Å². The molecule has 1 spiro atoms. The van der Waals surface area contributed by atoms with Crippen molar-refractivity contribution in [2.45, 2.75) is 18.6 Å². The average molecular weight is 181 g/mol. The van der Waals surface area contributed by atoms with Crippen LogP contribution < -0.4 is 0 Å². The summed E-state index contributed by atoms with van der Waals surface area (Å²) in [6.07, 6.45) is 7.01. The predicted molar refractivity (Wildman–Crippen MR) is 49.1 cm³/mol. The fourth-order valence-electron chi connectivity index (χ4n) is 1.97. The van der Waals surface area contributed by atoms with Crippen LogP contribution in [0.4, 0.5) is 0 Å². The Bertz CT molecular complexity index is 215. The first-order valence-electron chi connectivity index (χ1n) is 4.78. The minimum absolute atomic E-state index is 0.283. The molecule has 0 saturated carbocycles. The van der Waals surface area contributed by atoms with E-state index in [1.807, 2.05) is 0 Å². The quantitative estimate of drug-likeness (QED) is 0.578. The molecular formula is C10H15NO2. The molecule has 2 heterocycles. The molecule has 0 bridgehead atoms. The van der Waals surface area contributed by atoms with Crippen molar-refractivity contribution < 1.29 is 9.47 Å². The Labute approximate surface area is 79.0 Å². The second kappa shape index (κ2) is 3.67. The van der Waals surface area contributed by atoms with Crippen molar-refractivity contribution in [1.82, 2.24) is 4.90 Å². The molecule has 0 atom stereocenters. The fourth-order valence-corrected chi connectivity index (χ4v) is 1.97. The molecule has 0 aromatic heterocycles. The summed E-state index contributed by atoms with van der Waals surface area (Å²) in [4.78, 5) is 2.31. The van der Waals surface area contributed by atoms with Gasteiger partial charge < -0.3 is 9.47 Å². The summed E-state index contributed by atoms with van der Waals surface area (Å²) < 4.78 is 11.2. The minimum atomic E-state index is -0.283. The highest BCUT2D eigenvalue weighted by atomic mass is 16.7. The molecule has 13 heavy (non-hydrogen) atoms. The van der Waals surface area contributed by atoms with Crippen molar-refractivity contribution in [3.8, 4) is 12.3 Å². The highest BCUT2D eigenvalue weighted by Gasteiger charge is 2.42. The Kier molecular flexibility index (Phi) is 2.54. The molecule has 0 radical (unpaired) electrons. The molecule has 3 heteroatoms. The Balaban J connectivity index is 1.83. The maximum atomic E-state index is 5.60. The topological polar surface area (TPSA) is 21.7 Å². The summed E-state index contributed by atoms with van der Waals surface area (Å²) in [7, 11) is 0. The van der Waals surface area contributed by atoms with Crippen molar-refractivity contribution in [2.24, 2.45) is 0 Å². The molecule has 2 fully saturated rings. The number of rotatable bonds is 2. The lowest BCUT2D eigenvalue weighted by Crippen LogP contribution is -2.34. The third kappa shape index (κ3) is 1.86. The Morgan fingerprint density at radius 1 is 1.38 bits per heavy atom. The molecule has 0 aromatic carbocycles. The summed E-state index contributed by atoms with van der Waals surface area (Å²) in [5.41, 5.74) is 0. The molecule has 0 N–H and O–H groups in total. The van der Waals surface area contributed by atoms with Gasteiger partial charge in [-0.3, -0.25) is 4.90 Å². The van der Waals surface area contributed by atoms with E-state index in [4.69, 9.17) is 15.9 Å². The molecule has 0 aromatic rings. The van der Waals surface area contributed by atoms with E-state index in [2.05, 4.69) is 10.8 Å². The van der Waals surface area contributed by atoms with Crippen LogP contribution in [0.2, 0.25) is 0 Å². The molecule has 2 rings (SSSR count). The minimum Gasteiger partial charge on any atom is -0.346 e. The van der Waals surface area contributed by atoms with E-state index >= 15 is 0 Å². The second-order valence-corrected chi connectivity index (χ2v) is 3.59. The van der Waals surface area contributed by atoms with Gasteiger partial charge in [-0.15, -0.1) is 12.3 Å². The summed E-state index contributed by atoms with van der Waals surface area (Å²) in [5.74, 6) is 2.37. The van der Waals surface area contributed by atoms with Crippen molar-refractivity contribution in [2.75, 3.05) is 32.8 Å². The second-order valence-electron chi connectivity index (χ2n) is 3.59. The van der Waals surface area contributed by atoms with Gasteiger partial charge in [0.05, 0.1) is 19.8 Å². The molecule has 0 amide bonds. The molecule has 0 unspecified atom stereocenters. The number of nitrogens with zero attached hydrogens (tertiary/aromatic N) is 1. The normalized spacial score (nSPS) is 26.7. The molecule has 2 aliphatic rings. The lowest BCUT2D eigenvalue weighted by molar-refractivity contribution is -0.145. The van der Waals surface area contributed by atoms with Gasteiger partial charge in [-0.25, -0.2) is 0 Å². The molecule has 2 aliphatic heterocycles. The SMILES string of the molecule is C#CCCN1CCC2(C1)OCCO2. The third-order valence-electron chi connectivity index (χ3n) is 2.66. The summed E-state index contributed by atoms with van der Waals surface area (Å²) in [6, 6.07) is 0. The number of hydrogen-bond acceptors (Lipinski definition) is 3.